The number of hydrogen-bond acceptors (Lipinski definition) is 3. The molecule has 0 fully saturated rings. The van der Waals surface area contributed by atoms with Crippen LogP contribution in [-0.4, -0.2) is 23.1 Å². The van der Waals surface area contributed by atoms with Crippen molar-refractivity contribution >= 4 is 11.8 Å². The number of thioether (sulfide) groups is 1. The van der Waals surface area contributed by atoms with Gasteiger partial charge in [0.2, 0.25) is 0 Å². The predicted octanol–water partition coefficient (Wildman–Crippen LogP) is 3.19. The van der Waals surface area contributed by atoms with Gasteiger partial charge in [-0.05, 0) is 39.0 Å². The molecule has 1 N–H and O–H groups in total. The molecule has 1 unspecified atom stereocenters. The smallest absolute Gasteiger partial charge is 0.103 e. The third kappa shape index (κ3) is 7.70. The molecule has 88 valence electrons. The van der Waals surface area contributed by atoms with Crippen molar-refractivity contribution in [3.05, 3.63) is 0 Å². The van der Waals surface area contributed by atoms with Gasteiger partial charge in [0.15, 0.2) is 0 Å². The molecule has 0 aliphatic carbocycles. The highest BCUT2D eigenvalue weighted by atomic mass is 32.2. The van der Waals surface area contributed by atoms with Gasteiger partial charge >= 0.3 is 0 Å². The number of rotatable bonds is 6. The van der Waals surface area contributed by atoms with Gasteiger partial charge in [-0.1, -0.05) is 20.8 Å². The Balaban J connectivity index is 3.60. The van der Waals surface area contributed by atoms with Gasteiger partial charge in [0.25, 0.3) is 0 Å². The van der Waals surface area contributed by atoms with Crippen LogP contribution in [0.4, 0.5) is 0 Å². The molecule has 0 rings (SSSR count). The molecule has 0 radical (unpaired) electrons. The molecule has 15 heavy (non-hydrogen) atoms. The maximum absolute atomic E-state index is 8.95. The zero-order chi connectivity index (χ0) is 11.9. The van der Waals surface area contributed by atoms with Crippen molar-refractivity contribution in [3.63, 3.8) is 0 Å². The van der Waals surface area contributed by atoms with Gasteiger partial charge in [0.05, 0.1) is 6.07 Å². The van der Waals surface area contributed by atoms with Gasteiger partial charge in [-0.2, -0.15) is 17.0 Å². The monoisotopic (exact) mass is 228 g/mol. The summed E-state index contributed by atoms with van der Waals surface area (Å²) in [4.78, 5) is 0. The van der Waals surface area contributed by atoms with Gasteiger partial charge in [-0.3, -0.25) is 0 Å². The van der Waals surface area contributed by atoms with Crippen LogP contribution in [0.15, 0.2) is 0 Å². The third-order valence-corrected chi connectivity index (χ3v) is 3.76. The largest absolute Gasteiger partial charge is 0.303 e. The maximum atomic E-state index is 8.95. The average Bonchev–Trinajstić information content (AvgIpc) is 2.15. The molecule has 0 aliphatic rings. The number of unbranched alkanes of at least 4 members (excludes halogenated alkanes) is 1. The molecule has 0 heterocycles. The molecule has 0 amide bonds. The summed E-state index contributed by atoms with van der Waals surface area (Å²) in [6.07, 6.45) is 3.25. The standard InChI is InChI=1S/C12H24N2S/c1-11(2,3)15-9-7-6-8-12(4,10-13)14-5/h14H,6-9H2,1-5H3. The number of hydrogen-bond donors (Lipinski definition) is 1. The second-order valence-corrected chi connectivity index (χ2v) is 7.03. The normalized spacial score (nSPS) is 15.7. The lowest BCUT2D eigenvalue weighted by Crippen LogP contribution is -2.37. The van der Waals surface area contributed by atoms with E-state index in [1.54, 1.807) is 0 Å². The lowest BCUT2D eigenvalue weighted by atomic mass is 9.97. The number of nitriles is 1. The van der Waals surface area contributed by atoms with E-state index in [1.165, 1.54) is 12.2 Å². The van der Waals surface area contributed by atoms with Gasteiger partial charge in [0, 0.05) is 4.75 Å². The number of nitrogens with zero attached hydrogens (tertiary/aromatic N) is 1. The minimum Gasteiger partial charge on any atom is -0.303 e. The van der Waals surface area contributed by atoms with Gasteiger partial charge < -0.3 is 5.32 Å². The van der Waals surface area contributed by atoms with Crippen LogP contribution >= 0.6 is 11.8 Å². The molecule has 0 aromatic carbocycles. The van der Waals surface area contributed by atoms with E-state index in [9.17, 15) is 0 Å². The fraction of sp³-hybridized carbons (Fsp3) is 0.917. The lowest BCUT2D eigenvalue weighted by Gasteiger charge is -2.21. The quantitative estimate of drug-likeness (QED) is 0.709. The molecule has 0 aliphatic heterocycles. The van der Waals surface area contributed by atoms with E-state index >= 15 is 0 Å². The van der Waals surface area contributed by atoms with E-state index in [0.717, 1.165) is 12.8 Å². The molecule has 2 nitrogen and oxygen atoms in total. The first kappa shape index (κ1) is 14.8. The fourth-order valence-electron chi connectivity index (χ4n) is 1.20. The summed E-state index contributed by atoms with van der Waals surface area (Å²) in [7, 11) is 1.85. The first-order valence-electron chi connectivity index (χ1n) is 5.57. The van der Waals surface area contributed by atoms with Crippen LogP contribution in [0.5, 0.6) is 0 Å². The second kappa shape index (κ2) is 6.40. The van der Waals surface area contributed by atoms with Crippen LogP contribution in [0.1, 0.15) is 47.0 Å². The Bertz CT molecular complexity index is 215. The van der Waals surface area contributed by atoms with Crippen molar-refractivity contribution in [2.75, 3.05) is 12.8 Å². The molecule has 0 spiro atoms. The highest BCUT2D eigenvalue weighted by molar-refractivity contribution is 8.00. The summed E-state index contributed by atoms with van der Waals surface area (Å²) >= 11 is 2.00. The van der Waals surface area contributed by atoms with Crippen LogP contribution in [0.25, 0.3) is 0 Å². The van der Waals surface area contributed by atoms with E-state index in [0.29, 0.717) is 4.75 Å². The fourth-order valence-corrected chi connectivity index (χ4v) is 2.16. The van der Waals surface area contributed by atoms with Crippen LogP contribution in [0.2, 0.25) is 0 Å². The Hall–Kier alpha value is -0.200. The molecule has 0 saturated heterocycles. The summed E-state index contributed by atoms with van der Waals surface area (Å²) in [5.41, 5.74) is -0.341. The number of nitrogens with one attached hydrogen (secondary N) is 1. The van der Waals surface area contributed by atoms with Crippen LogP contribution in [-0.2, 0) is 0 Å². The van der Waals surface area contributed by atoms with E-state index in [-0.39, 0.29) is 5.54 Å². The summed E-state index contributed by atoms with van der Waals surface area (Å²) in [6, 6.07) is 2.32. The van der Waals surface area contributed by atoms with Crippen LogP contribution < -0.4 is 5.32 Å². The molecular formula is C12H24N2S. The molecule has 0 saturated carbocycles. The minimum atomic E-state index is -0.341. The first-order valence-corrected chi connectivity index (χ1v) is 6.56. The van der Waals surface area contributed by atoms with E-state index < -0.39 is 0 Å². The van der Waals surface area contributed by atoms with Gasteiger partial charge in [0.1, 0.15) is 5.54 Å². The van der Waals surface area contributed by atoms with Crippen molar-refractivity contribution in [3.8, 4) is 6.07 Å². The Morgan fingerprint density at radius 2 is 1.80 bits per heavy atom. The van der Waals surface area contributed by atoms with Crippen molar-refractivity contribution in [2.24, 2.45) is 0 Å². The van der Waals surface area contributed by atoms with Crippen LogP contribution in [0.3, 0.4) is 0 Å². The van der Waals surface area contributed by atoms with E-state index in [1.807, 2.05) is 25.7 Å². The van der Waals surface area contributed by atoms with Crippen LogP contribution in [0, 0.1) is 11.3 Å². The minimum absolute atomic E-state index is 0.341. The molecule has 3 heteroatoms. The Kier molecular flexibility index (Phi) is 6.31. The topological polar surface area (TPSA) is 35.8 Å². The SMILES string of the molecule is CNC(C)(C#N)CCCCSC(C)(C)C. The lowest BCUT2D eigenvalue weighted by molar-refractivity contribution is 0.439. The Labute approximate surface area is 98.8 Å². The van der Waals surface area contributed by atoms with E-state index in [4.69, 9.17) is 5.26 Å². The molecule has 0 aromatic rings. The van der Waals surface area contributed by atoms with Crippen molar-refractivity contribution in [1.82, 2.24) is 5.32 Å². The molecule has 1 atom stereocenters. The molecular weight excluding hydrogens is 204 g/mol. The average molecular weight is 228 g/mol. The highest BCUT2D eigenvalue weighted by Crippen LogP contribution is 2.24. The Morgan fingerprint density at radius 3 is 2.20 bits per heavy atom. The zero-order valence-corrected chi connectivity index (χ0v) is 11.5. The maximum Gasteiger partial charge on any atom is 0.103 e. The summed E-state index contributed by atoms with van der Waals surface area (Å²) in [6.45, 7) is 8.68. The highest BCUT2D eigenvalue weighted by Gasteiger charge is 2.20. The second-order valence-electron chi connectivity index (χ2n) is 5.11. The summed E-state index contributed by atoms with van der Waals surface area (Å²) < 4.78 is 0.363. The Morgan fingerprint density at radius 1 is 1.20 bits per heavy atom. The van der Waals surface area contributed by atoms with Crippen molar-refractivity contribution in [1.29, 1.82) is 5.26 Å². The zero-order valence-electron chi connectivity index (χ0n) is 10.7. The van der Waals surface area contributed by atoms with Gasteiger partial charge in [-0.25, -0.2) is 0 Å². The van der Waals surface area contributed by atoms with Crippen molar-refractivity contribution < 1.29 is 0 Å². The third-order valence-electron chi connectivity index (χ3n) is 2.40. The first-order chi connectivity index (χ1) is 6.83. The van der Waals surface area contributed by atoms with Gasteiger partial charge in [-0.15, -0.1) is 0 Å². The van der Waals surface area contributed by atoms with E-state index in [2.05, 4.69) is 32.2 Å². The predicted molar refractivity (Wildman–Crippen MR) is 69.1 cm³/mol. The molecule has 0 aromatic heterocycles. The van der Waals surface area contributed by atoms with Crippen molar-refractivity contribution in [2.45, 2.75) is 57.2 Å². The summed E-state index contributed by atoms with van der Waals surface area (Å²) in [5.74, 6) is 1.19. The molecule has 0 bridgehead atoms. The summed E-state index contributed by atoms with van der Waals surface area (Å²) in [5, 5.41) is 12.0.